The summed E-state index contributed by atoms with van der Waals surface area (Å²) in [7, 11) is -0.866. The fraction of sp³-hybridized carbons (Fsp3) is 0.494. The second kappa shape index (κ2) is 30.5. The van der Waals surface area contributed by atoms with Crippen LogP contribution in [0.25, 0.3) is 11.1 Å². The Labute approximate surface area is 648 Å². The SMILES string of the molecule is CC(=O)Nc1ccc(-c2ccc(C(=O)N3CCC4(CC3)c3ccc(C(=O)C(F)(F)F)n3CCN4C)cc2C)cn1.CN1CCn2c(ccc2C(F)(F)C(F)(F)F)C12CCN(C(=O)c1ccc(S(=O)(=O)C3CC3)cc1)CC2.Cc1cc(C(=O)N2CCC3(CC2)c2ccc(C(=O)C(C)(C)C)n2CCN3C)ccc1S(=O)(=O)C(C)C.[HH]. The summed E-state index contributed by atoms with van der Waals surface area (Å²) in [6.07, 6.45) is -4.29. The summed E-state index contributed by atoms with van der Waals surface area (Å²) in [4.78, 5) is 92.7. The van der Waals surface area contributed by atoms with Crippen LogP contribution in [-0.2, 0) is 66.6 Å². The molecule has 4 aromatic heterocycles. The molecule has 4 fully saturated rings. The highest BCUT2D eigenvalue weighted by Gasteiger charge is 2.62. The number of aromatic nitrogens is 4. The van der Waals surface area contributed by atoms with Crippen molar-refractivity contribution in [3.05, 3.63) is 177 Å². The van der Waals surface area contributed by atoms with Crippen LogP contribution in [0.4, 0.5) is 40.9 Å². The molecule has 31 heteroatoms. The second-order valence-corrected chi connectivity index (χ2v) is 36.7. The van der Waals surface area contributed by atoms with Gasteiger partial charge in [-0.3, -0.25) is 43.5 Å². The van der Waals surface area contributed by atoms with Crippen molar-refractivity contribution in [3.63, 3.8) is 0 Å². The average molecular weight is 1600 g/mol. The molecule has 3 saturated heterocycles. The van der Waals surface area contributed by atoms with Gasteiger partial charge in [-0.05, 0) is 220 Å². The lowest BCUT2D eigenvalue weighted by atomic mass is 9.81. The van der Waals surface area contributed by atoms with E-state index in [1.165, 1.54) is 47.9 Å². The number of carbonyl (C=O) groups is 6. The first kappa shape index (κ1) is 82.5. The van der Waals surface area contributed by atoms with E-state index in [1.807, 2.05) is 75.9 Å². The number of sulfone groups is 2. The van der Waals surface area contributed by atoms with Gasteiger partial charge >= 0.3 is 18.3 Å². The molecule has 7 aromatic rings. The van der Waals surface area contributed by atoms with E-state index in [-0.39, 0.29) is 76.7 Å². The largest absolute Gasteiger partial charge is 0.459 e. The van der Waals surface area contributed by atoms with Gasteiger partial charge in [-0.1, -0.05) is 26.8 Å². The quantitative estimate of drug-likeness (QED) is 0.0886. The number of nitrogens with one attached hydrogen (secondary N) is 1. The molecule has 112 heavy (non-hydrogen) atoms. The fourth-order valence-electron chi connectivity index (χ4n) is 17.0. The number of halogens is 8. The number of pyridine rings is 1. The Morgan fingerprint density at radius 3 is 1.33 bits per heavy atom. The summed E-state index contributed by atoms with van der Waals surface area (Å²) in [6, 6.07) is 29.0. The Hall–Kier alpha value is -8.91. The molecule has 6 aliphatic heterocycles. The number of nitrogens with zero attached hydrogens (tertiary/aromatic N) is 10. The average Bonchev–Trinajstić information content (AvgIpc) is 1.62. The number of likely N-dealkylation sites (tertiary alicyclic amines) is 3. The van der Waals surface area contributed by atoms with Gasteiger partial charge in [0.15, 0.2) is 25.5 Å². The van der Waals surface area contributed by atoms with Gasteiger partial charge in [0.2, 0.25) is 5.91 Å². The zero-order valence-corrected chi connectivity index (χ0v) is 66.3. The Morgan fingerprint density at radius 2 is 0.929 bits per heavy atom. The molecule has 7 aliphatic rings. The third kappa shape index (κ3) is 15.3. The minimum Gasteiger partial charge on any atom is -0.340 e. The van der Waals surface area contributed by atoms with E-state index >= 15 is 0 Å². The van der Waals surface area contributed by atoms with Crippen LogP contribution in [0.3, 0.4) is 0 Å². The van der Waals surface area contributed by atoms with E-state index in [9.17, 15) is 80.7 Å². The number of ketones is 2. The van der Waals surface area contributed by atoms with Crippen LogP contribution in [0.2, 0.25) is 0 Å². The summed E-state index contributed by atoms with van der Waals surface area (Å²) in [6.45, 7) is 19.7. The van der Waals surface area contributed by atoms with Crippen LogP contribution < -0.4 is 5.32 Å². The number of carbonyl (C=O) groups excluding carboxylic acids is 6. The maximum absolute atomic E-state index is 14.2. The maximum Gasteiger partial charge on any atom is 0.459 e. The zero-order chi connectivity index (χ0) is 81.5. The van der Waals surface area contributed by atoms with Gasteiger partial charge in [0.25, 0.3) is 23.5 Å². The van der Waals surface area contributed by atoms with Crippen LogP contribution >= 0.6 is 0 Å². The standard InChI is InChI=1S/C29H30F3N5O3.C28H39N3O4S.C24H26F5N3O3S.H2/c1-18-16-20(4-6-22(18)21-5-9-25(33-17-21)34-19(2)38)27(40)36-12-10-28(11-13-36)24-8-7-23(26(39)29(30,31)32)37(24)15-14-35(28)3;1-19(2)36(34,35)23-10-8-21(18-20(23)3)26(33)30-14-12-28(13-15-30)24-11-9-22(25(32)27(4,5)6)31(24)17-16-29(28)7;1-30-14-15-32-19(8-9-20(32)23(25,26)24(27,28)29)22(30)10-12-31(13-11-22)21(33)16-2-4-17(5-3-16)36(34,35)18-6-7-18;/h4-9,16-17H,10-15H2,1-3H3,(H,33,34,38);8-11,18-19H,12-17H2,1-7H3;2-5,8-9,18H,6-7,10-15H2,1H3;1H. The molecule has 4 amide bonds. The van der Waals surface area contributed by atoms with Crippen LogP contribution in [0.1, 0.15) is 180 Å². The smallest absolute Gasteiger partial charge is 0.340 e. The molecule has 1 saturated carbocycles. The van der Waals surface area contributed by atoms with E-state index in [1.54, 1.807) is 73.2 Å². The molecule has 3 aromatic carbocycles. The lowest BCUT2D eigenvalue weighted by Gasteiger charge is -2.50. The topological polar surface area (TPSA) is 230 Å². The summed E-state index contributed by atoms with van der Waals surface area (Å²) < 4.78 is 162. The minimum absolute atomic E-state index is 0. The van der Waals surface area contributed by atoms with Crippen LogP contribution in [0.15, 0.2) is 125 Å². The second-order valence-electron chi connectivity index (χ2n) is 32.0. The predicted octanol–water partition coefficient (Wildman–Crippen LogP) is 13.3. The molecular formula is C81H97F8N11O10S2. The third-order valence-electron chi connectivity index (χ3n) is 23.9. The Morgan fingerprint density at radius 1 is 0.509 bits per heavy atom. The van der Waals surface area contributed by atoms with Crippen LogP contribution in [-0.4, -0.2) is 203 Å². The molecule has 3 spiro atoms. The maximum atomic E-state index is 14.2. The number of benzene rings is 3. The Bertz CT molecular complexity index is 5040. The first-order chi connectivity index (χ1) is 52.4. The number of anilines is 1. The molecule has 604 valence electrons. The first-order valence-electron chi connectivity index (χ1n) is 37.7. The lowest BCUT2D eigenvalue weighted by Crippen LogP contribution is -2.57. The van der Waals surface area contributed by atoms with Gasteiger partial charge in [0.05, 0.1) is 54.0 Å². The molecular weight excluding hydrogens is 1500 g/mol. The minimum atomic E-state index is -5.69. The van der Waals surface area contributed by atoms with E-state index in [4.69, 9.17) is 0 Å². The van der Waals surface area contributed by atoms with Crippen LogP contribution in [0.5, 0.6) is 0 Å². The monoisotopic (exact) mass is 1600 g/mol. The molecule has 0 radical (unpaired) electrons. The van der Waals surface area contributed by atoms with E-state index in [2.05, 4.69) is 37.8 Å². The van der Waals surface area contributed by atoms with Crippen molar-refractivity contribution in [1.29, 1.82) is 0 Å². The molecule has 21 nitrogen and oxygen atoms in total. The number of rotatable bonds is 12. The van der Waals surface area contributed by atoms with Gasteiger partial charge in [-0.25, -0.2) is 21.8 Å². The molecule has 0 atom stereocenters. The molecule has 1 aliphatic carbocycles. The summed E-state index contributed by atoms with van der Waals surface area (Å²) in [5.41, 5.74) is 4.37. The molecule has 14 rings (SSSR count). The predicted molar refractivity (Wildman–Crippen MR) is 407 cm³/mol. The lowest BCUT2D eigenvalue weighted by molar-refractivity contribution is -0.292. The first-order valence-corrected chi connectivity index (χ1v) is 40.7. The van der Waals surface area contributed by atoms with Crippen molar-refractivity contribution in [2.75, 3.05) is 85.4 Å². The van der Waals surface area contributed by atoms with Crippen molar-refractivity contribution >= 4 is 60.7 Å². The van der Waals surface area contributed by atoms with E-state index < -0.39 is 71.2 Å². The summed E-state index contributed by atoms with van der Waals surface area (Å²) in [5.74, 6) is -6.83. The molecule has 1 N–H and O–H groups in total. The third-order valence-corrected chi connectivity index (χ3v) is 28.4. The number of hydrogen-bond acceptors (Lipinski definition) is 14. The van der Waals surface area contributed by atoms with Crippen molar-refractivity contribution in [3.8, 4) is 11.1 Å². The fourth-order valence-corrected chi connectivity index (χ4v) is 19.9. The highest BCUT2D eigenvalue weighted by molar-refractivity contribution is 7.92. The number of aryl methyl sites for hydroxylation is 2. The number of hydrogen-bond donors (Lipinski definition) is 1. The number of likely N-dealkylation sites (N-methyl/N-ethyl adjacent to an activating group) is 3. The number of amides is 4. The van der Waals surface area contributed by atoms with Crippen molar-refractivity contribution in [2.45, 2.75) is 182 Å². The van der Waals surface area contributed by atoms with Gasteiger partial charge < -0.3 is 33.7 Å². The van der Waals surface area contributed by atoms with Gasteiger partial charge in [0.1, 0.15) is 5.82 Å². The molecule has 10 heterocycles. The number of fused-ring (bicyclic) bond motifs is 6. The number of alkyl halides is 8. The van der Waals surface area contributed by atoms with Gasteiger partial charge in [0, 0.05) is 138 Å². The number of Topliss-reactive ketones (excluding diaryl/α,β-unsaturated/α-hetero) is 2. The van der Waals surface area contributed by atoms with E-state index in [0.29, 0.717) is 124 Å². The highest BCUT2D eigenvalue weighted by atomic mass is 32.2. The van der Waals surface area contributed by atoms with Crippen LogP contribution in [0, 0.1) is 19.3 Å². The van der Waals surface area contributed by atoms with Gasteiger partial charge in [-0.15, -0.1) is 0 Å². The van der Waals surface area contributed by atoms with Crippen molar-refractivity contribution in [1.82, 2.24) is 48.1 Å². The number of piperidine rings is 3. The molecule has 0 bridgehead atoms. The van der Waals surface area contributed by atoms with Crippen molar-refractivity contribution in [2.24, 2.45) is 5.41 Å². The molecule has 0 unspecified atom stereocenters. The summed E-state index contributed by atoms with van der Waals surface area (Å²) >= 11 is 0. The Kier molecular flexibility index (Phi) is 22.4. The summed E-state index contributed by atoms with van der Waals surface area (Å²) in [5, 5.41) is 1.78. The Balaban J connectivity index is 0.000000167. The zero-order valence-electron chi connectivity index (χ0n) is 64.7. The highest BCUT2D eigenvalue weighted by Crippen LogP contribution is 2.50. The normalized spacial score (nSPS) is 18.8. The van der Waals surface area contributed by atoms with Gasteiger partial charge in [-0.2, -0.15) is 35.1 Å². The van der Waals surface area contributed by atoms with E-state index in [0.717, 1.165) is 64.6 Å². The van der Waals surface area contributed by atoms with Crippen molar-refractivity contribution < 1.29 is 82.2 Å².